The normalized spacial score (nSPS) is 12.3. The highest BCUT2D eigenvalue weighted by atomic mass is 35.7. The zero-order chi connectivity index (χ0) is 27.9. The van der Waals surface area contributed by atoms with Crippen molar-refractivity contribution in [1.29, 1.82) is 0 Å². The van der Waals surface area contributed by atoms with E-state index in [9.17, 15) is 32.1 Å². The van der Waals surface area contributed by atoms with E-state index in [4.69, 9.17) is 10.7 Å². The molecule has 0 spiro atoms. The summed E-state index contributed by atoms with van der Waals surface area (Å²) < 4.78 is 52.1. The Morgan fingerprint density at radius 3 is 2.31 bits per heavy atom. The van der Waals surface area contributed by atoms with Crippen LogP contribution in [0.25, 0.3) is 21.8 Å². The minimum absolute atomic E-state index is 0.00627. The zero-order valence-corrected chi connectivity index (χ0v) is 21.6. The van der Waals surface area contributed by atoms with Gasteiger partial charge in [-0.2, -0.15) is 10.3 Å². The lowest BCUT2D eigenvalue weighted by Gasteiger charge is -2.13. The Labute approximate surface area is 223 Å². The molecule has 4 aromatic carbocycles. The number of H-pyrrole nitrogens is 1. The van der Waals surface area contributed by atoms with Crippen LogP contribution in [-0.4, -0.2) is 42.3 Å². The van der Waals surface area contributed by atoms with Crippen LogP contribution in [0.15, 0.2) is 86.7 Å². The monoisotopic (exact) mass is 587 g/mol. The number of nitrogens with zero attached hydrogens (tertiary/aromatic N) is 5. The van der Waals surface area contributed by atoms with E-state index in [-0.39, 0.29) is 55.2 Å². The number of nitro benzene ring substituents is 1. The molecule has 1 aromatic heterocycles. The second kappa shape index (κ2) is 9.57. The zero-order valence-electron chi connectivity index (χ0n) is 19.2. The fourth-order valence-corrected chi connectivity index (χ4v) is 5.77. The highest BCUT2D eigenvalue weighted by Crippen LogP contribution is 2.40. The molecule has 0 aliphatic carbocycles. The summed E-state index contributed by atoms with van der Waals surface area (Å²) >= 11 is 0. The summed E-state index contributed by atoms with van der Waals surface area (Å²) in [4.78, 5) is 9.87. The quantitative estimate of drug-likeness (QED) is 0.102. The van der Waals surface area contributed by atoms with Crippen molar-refractivity contribution < 1.29 is 26.9 Å². The number of rotatable bonds is 7. The Morgan fingerprint density at radius 2 is 1.56 bits per heavy atom. The third kappa shape index (κ3) is 4.95. The molecule has 198 valence electrons. The summed E-state index contributed by atoms with van der Waals surface area (Å²) in [7, 11) is -3.16. The molecule has 39 heavy (non-hydrogen) atoms. The molecular weight excluding hydrogens is 574 g/mol. The van der Waals surface area contributed by atoms with Crippen molar-refractivity contribution in [3.63, 3.8) is 0 Å². The van der Waals surface area contributed by atoms with E-state index in [0.29, 0.717) is 0 Å². The maximum absolute atomic E-state index is 13.2. The standard InChI is InChI=1S/C22H14ClN7O7S2/c23-38(34,35)12-3-1-4-13(11-12)39(36,37)28-16-6-2-5-14-19(31)10-8-15(20(14)16)24-25-17-7-9-18(30(32)33)22-21(17)26-29-27-22/h1-11,28,31H,(H,26,27,29). The van der Waals surface area contributed by atoms with Crippen LogP contribution < -0.4 is 4.72 Å². The van der Waals surface area contributed by atoms with Gasteiger partial charge in [0.15, 0.2) is 5.52 Å². The van der Waals surface area contributed by atoms with Gasteiger partial charge in [-0.05, 0) is 42.5 Å². The molecule has 17 heteroatoms. The number of benzene rings is 4. The van der Waals surface area contributed by atoms with E-state index < -0.39 is 28.9 Å². The molecule has 0 atom stereocenters. The number of anilines is 1. The summed E-state index contributed by atoms with van der Waals surface area (Å²) in [5, 5.41) is 40.4. The lowest BCUT2D eigenvalue weighted by Crippen LogP contribution is -2.13. The molecule has 14 nitrogen and oxygen atoms in total. The molecular formula is C22H14ClN7O7S2. The molecule has 0 fully saturated rings. The Balaban J connectivity index is 1.61. The van der Waals surface area contributed by atoms with Crippen molar-refractivity contribution in [2.24, 2.45) is 10.2 Å². The summed E-state index contributed by atoms with van der Waals surface area (Å²) in [5.41, 5.74) is 0.0611. The second-order valence-electron chi connectivity index (χ2n) is 7.93. The van der Waals surface area contributed by atoms with Gasteiger partial charge in [-0.15, -0.1) is 15.3 Å². The van der Waals surface area contributed by atoms with Gasteiger partial charge >= 0.3 is 0 Å². The number of azo groups is 1. The smallest absolute Gasteiger partial charge is 0.299 e. The molecule has 3 N–H and O–H groups in total. The first-order valence-corrected chi connectivity index (χ1v) is 14.5. The van der Waals surface area contributed by atoms with Gasteiger partial charge in [0.05, 0.1) is 26.1 Å². The van der Waals surface area contributed by atoms with Gasteiger partial charge < -0.3 is 5.11 Å². The maximum Gasteiger partial charge on any atom is 0.299 e. The van der Waals surface area contributed by atoms with Gasteiger partial charge in [-0.25, -0.2) is 16.8 Å². The van der Waals surface area contributed by atoms with Crippen LogP contribution in [0.3, 0.4) is 0 Å². The minimum atomic E-state index is -4.33. The first kappa shape index (κ1) is 26.0. The Bertz CT molecular complexity index is 2050. The number of aromatic amines is 1. The van der Waals surface area contributed by atoms with Crippen LogP contribution in [0.4, 0.5) is 22.7 Å². The van der Waals surface area contributed by atoms with Crippen molar-refractivity contribution in [3.8, 4) is 5.75 Å². The van der Waals surface area contributed by atoms with Gasteiger partial charge in [0, 0.05) is 27.5 Å². The number of aromatic nitrogens is 3. The second-order valence-corrected chi connectivity index (χ2v) is 12.2. The minimum Gasteiger partial charge on any atom is -0.507 e. The number of halogens is 1. The van der Waals surface area contributed by atoms with Crippen molar-refractivity contribution in [1.82, 2.24) is 15.4 Å². The molecule has 1 heterocycles. The van der Waals surface area contributed by atoms with E-state index in [1.165, 1.54) is 54.6 Å². The van der Waals surface area contributed by atoms with Gasteiger partial charge in [0.2, 0.25) is 0 Å². The fraction of sp³-hybridized carbons (Fsp3) is 0. The molecule has 5 rings (SSSR count). The lowest BCUT2D eigenvalue weighted by atomic mass is 10.1. The summed E-state index contributed by atoms with van der Waals surface area (Å²) in [6.07, 6.45) is 0. The molecule has 0 unspecified atom stereocenters. The Kier molecular flexibility index (Phi) is 6.37. The number of phenols is 1. The molecule has 0 saturated carbocycles. The van der Waals surface area contributed by atoms with Crippen molar-refractivity contribution in [3.05, 3.63) is 76.8 Å². The number of hydrogen-bond donors (Lipinski definition) is 3. The number of non-ortho nitro benzene ring substituents is 1. The first-order chi connectivity index (χ1) is 18.5. The largest absolute Gasteiger partial charge is 0.507 e. The predicted octanol–water partition coefficient (Wildman–Crippen LogP) is 4.87. The van der Waals surface area contributed by atoms with E-state index in [1.807, 2.05) is 0 Å². The molecule has 0 aliphatic rings. The molecule has 0 aliphatic heterocycles. The summed E-state index contributed by atoms with van der Waals surface area (Å²) in [6.45, 7) is 0. The number of nitrogens with one attached hydrogen (secondary N) is 2. The fourth-order valence-electron chi connectivity index (χ4n) is 3.78. The first-order valence-electron chi connectivity index (χ1n) is 10.7. The van der Waals surface area contributed by atoms with E-state index in [0.717, 1.165) is 12.1 Å². The number of nitro groups is 1. The Morgan fingerprint density at radius 1 is 0.897 bits per heavy atom. The number of aromatic hydroxyl groups is 1. The average molecular weight is 588 g/mol. The third-order valence-electron chi connectivity index (χ3n) is 5.53. The van der Waals surface area contributed by atoms with Gasteiger partial charge in [-0.1, -0.05) is 18.2 Å². The average Bonchev–Trinajstić information content (AvgIpc) is 3.38. The van der Waals surface area contributed by atoms with E-state index >= 15 is 0 Å². The van der Waals surface area contributed by atoms with Crippen LogP contribution >= 0.6 is 10.7 Å². The summed E-state index contributed by atoms with van der Waals surface area (Å²) in [5.74, 6) is -0.172. The van der Waals surface area contributed by atoms with Crippen LogP contribution in [-0.2, 0) is 19.1 Å². The van der Waals surface area contributed by atoms with Crippen LogP contribution in [0.1, 0.15) is 0 Å². The molecule has 0 radical (unpaired) electrons. The van der Waals surface area contributed by atoms with Crippen LogP contribution in [0, 0.1) is 10.1 Å². The van der Waals surface area contributed by atoms with E-state index in [2.05, 4.69) is 30.4 Å². The SMILES string of the molecule is O=[N+]([O-])c1ccc(N=Nc2ccc(O)c3cccc(NS(=O)(=O)c4cccc(S(=O)(=O)Cl)c4)c23)c2n[nH]nc12. The highest BCUT2D eigenvalue weighted by Gasteiger charge is 2.21. The maximum atomic E-state index is 13.2. The van der Waals surface area contributed by atoms with Crippen molar-refractivity contribution >= 4 is 74.3 Å². The van der Waals surface area contributed by atoms with Gasteiger partial charge in [0.25, 0.3) is 24.8 Å². The van der Waals surface area contributed by atoms with Crippen molar-refractivity contribution in [2.45, 2.75) is 9.79 Å². The van der Waals surface area contributed by atoms with Gasteiger partial charge in [0.1, 0.15) is 17.0 Å². The van der Waals surface area contributed by atoms with Gasteiger partial charge in [-0.3, -0.25) is 14.8 Å². The lowest BCUT2D eigenvalue weighted by molar-refractivity contribution is -0.383. The van der Waals surface area contributed by atoms with E-state index in [1.54, 1.807) is 0 Å². The molecule has 0 bridgehead atoms. The molecule has 0 amide bonds. The number of hydrogen-bond acceptors (Lipinski definition) is 11. The van der Waals surface area contributed by atoms with Crippen LogP contribution in [0.2, 0.25) is 0 Å². The summed E-state index contributed by atoms with van der Waals surface area (Å²) in [6, 6.07) is 14.2. The highest BCUT2D eigenvalue weighted by molar-refractivity contribution is 8.13. The Hall–Kier alpha value is -4.67. The molecule has 0 saturated heterocycles. The molecule has 5 aromatic rings. The number of sulfonamides is 1. The number of phenolic OH excluding ortho intramolecular Hbond substituents is 1. The van der Waals surface area contributed by atoms with Crippen molar-refractivity contribution in [2.75, 3.05) is 4.72 Å². The van der Waals surface area contributed by atoms with Crippen LogP contribution in [0.5, 0.6) is 5.75 Å². The third-order valence-corrected chi connectivity index (χ3v) is 8.25. The number of fused-ring (bicyclic) bond motifs is 2. The topological polar surface area (TPSA) is 210 Å². The predicted molar refractivity (Wildman–Crippen MR) is 141 cm³/mol.